The molecule has 0 atom stereocenters. The zero-order chi connectivity index (χ0) is 13.0. The van der Waals surface area contributed by atoms with Crippen LogP contribution in [-0.4, -0.2) is 21.2 Å². The highest BCUT2D eigenvalue weighted by atomic mass is 32.1. The van der Waals surface area contributed by atoms with Gasteiger partial charge in [-0.2, -0.15) is 0 Å². The number of anilines is 1. The molecule has 0 aliphatic rings. The summed E-state index contributed by atoms with van der Waals surface area (Å²) in [6.07, 6.45) is 0. The van der Waals surface area contributed by atoms with Crippen molar-refractivity contribution in [3.8, 4) is 0 Å². The normalized spacial score (nSPS) is 11.1. The first-order chi connectivity index (χ1) is 8.63. The summed E-state index contributed by atoms with van der Waals surface area (Å²) in [7, 11) is 0. The molecule has 2 heterocycles. The van der Waals surface area contributed by atoms with Crippen LogP contribution in [0.3, 0.4) is 0 Å². The van der Waals surface area contributed by atoms with Gasteiger partial charge in [-0.15, -0.1) is 5.10 Å². The number of aromatic nitrogens is 3. The van der Waals surface area contributed by atoms with Crippen molar-refractivity contribution >= 4 is 17.4 Å². The summed E-state index contributed by atoms with van der Waals surface area (Å²) in [5.41, 5.74) is 0.796. The largest absolute Gasteiger partial charge is 0.407 e. The van der Waals surface area contributed by atoms with Crippen molar-refractivity contribution in [2.45, 2.75) is 33.0 Å². The molecule has 0 aliphatic heterocycles. The first-order valence-corrected chi connectivity index (χ1v) is 6.48. The summed E-state index contributed by atoms with van der Waals surface area (Å²) in [5.74, 6) is 0.532. The van der Waals surface area contributed by atoms with Crippen LogP contribution < -0.4 is 15.5 Å². The molecule has 0 bridgehead atoms. The fourth-order valence-corrected chi connectivity index (χ4v) is 1.84. The van der Waals surface area contributed by atoms with Gasteiger partial charge in [0.2, 0.25) is 5.89 Å². The van der Waals surface area contributed by atoms with Crippen LogP contribution in [-0.2, 0) is 13.1 Å². The Morgan fingerprint density at radius 2 is 2.28 bits per heavy atom. The Hall–Kier alpha value is -1.67. The van der Waals surface area contributed by atoms with E-state index in [0.29, 0.717) is 31.0 Å². The minimum atomic E-state index is -0.0702. The molecule has 7 nitrogen and oxygen atoms in total. The maximum absolute atomic E-state index is 10.9. The van der Waals surface area contributed by atoms with E-state index in [2.05, 4.69) is 25.8 Å². The van der Waals surface area contributed by atoms with Gasteiger partial charge in [0.05, 0.1) is 13.1 Å². The van der Waals surface area contributed by atoms with Gasteiger partial charge in [0.1, 0.15) is 0 Å². The maximum atomic E-state index is 10.9. The van der Waals surface area contributed by atoms with E-state index in [1.165, 1.54) is 0 Å². The van der Waals surface area contributed by atoms with E-state index < -0.39 is 0 Å². The molecule has 2 aromatic rings. The van der Waals surface area contributed by atoms with Gasteiger partial charge in [0, 0.05) is 17.1 Å². The monoisotopic (exact) mass is 269 g/mol. The van der Waals surface area contributed by atoms with Crippen LogP contribution in [0.15, 0.2) is 14.6 Å². The lowest BCUT2D eigenvalue weighted by atomic mass is 10.4. The van der Waals surface area contributed by atoms with Gasteiger partial charge >= 0.3 is 10.9 Å². The third-order valence-corrected chi connectivity index (χ3v) is 2.85. The molecule has 0 spiro atoms. The SMILES string of the molecule is CC(C)NCc1nnc(NCc2csc(=O)[nH]2)o1. The topological polar surface area (TPSA) is 95.8 Å². The molecule has 0 saturated carbocycles. The molecule has 8 heteroatoms. The lowest BCUT2D eigenvalue weighted by molar-refractivity contribution is 0.458. The minimum absolute atomic E-state index is 0.0702. The quantitative estimate of drug-likeness (QED) is 0.722. The van der Waals surface area contributed by atoms with Gasteiger partial charge < -0.3 is 20.0 Å². The van der Waals surface area contributed by atoms with E-state index in [9.17, 15) is 4.79 Å². The number of hydrogen-bond donors (Lipinski definition) is 3. The molecule has 2 rings (SSSR count). The minimum Gasteiger partial charge on any atom is -0.407 e. The summed E-state index contributed by atoms with van der Waals surface area (Å²) < 4.78 is 5.38. The summed E-state index contributed by atoms with van der Waals surface area (Å²) in [6, 6.07) is 0.715. The van der Waals surface area contributed by atoms with Gasteiger partial charge in [-0.25, -0.2) is 0 Å². The Balaban J connectivity index is 1.84. The molecule has 2 aromatic heterocycles. The fourth-order valence-electron chi connectivity index (χ4n) is 1.26. The van der Waals surface area contributed by atoms with Crippen molar-refractivity contribution in [1.29, 1.82) is 0 Å². The lowest BCUT2D eigenvalue weighted by Gasteiger charge is -2.03. The lowest BCUT2D eigenvalue weighted by Crippen LogP contribution is -2.21. The van der Waals surface area contributed by atoms with Crippen LogP contribution in [0.2, 0.25) is 0 Å². The van der Waals surface area contributed by atoms with Gasteiger partial charge in [-0.3, -0.25) is 4.79 Å². The van der Waals surface area contributed by atoms with Crippen LogP contribution in [0.25, 0.3) is 0 Å². The van der Waals surface area contributed by atoms with Crippen LogP contribution in [0.4, 0.5) is 6.01 Å². The highest BCUT2D eigenvalue weighted by Crippen LogP contribution is 2.07. The van der Waals surface area contributed by atoms with E-state index in [-0.39, 0.29) is 4.87 Å². The Kier molecular flexibility index (Phi) is 4.11. The molecule has 18 heavy (non-hydrogen) atoms. The second kappa shape index (κ2) is 5.78. The van der Waals surface area contributed by atoms with E-state index >= 15 is 0 Å². The van der Waals surface area contributed by atoms with E-state index in [1.54, 1.807) is 5.38 Å². The Bertz CT molecular complexity index is 544. The zero-order valence-corrected chi connectivity index (χ0v) is 11.0. The molecule has 0 amide bonds. The third-order valence-electron chi connectivity index (χ3n) is 2.13. The van der Waals surface area contributed by atoms with E-state index in [1.807, 2.05) is 13.8 Å². The van der Waals surface area contributed by atoms with Crippen molar-refractivity contribution in [2.24, 2.45) is 0 Å². The van der Waals surface area contributed by atoms with Crippen LogP contribution in [0.1, 0.15) is 25.4 Å². The van der Waals surface area contributed by atoms with Gasteiger partial charge in [-0.1, -0.05) is 30.3 Å². The molecular formula is C10H15N5O2S. The number of nitrogens with one attached hydrogen (secondary N) is 3. The Morgan fingerprint density at radius 3 is 2.94 bits per heavy atom. The number of hydrogen-bond acceptors (Lipinski definition) is 7. The number of rotatable bonds is 6. The number of H-pyrrole nitrogens is 1. The van der Waals surface area contributed by atoms with Crippen molar-refractivity contribution < 1.29 is 4.42 Å². The molecule has 3 N–H and O–H groups in total. The molecular weight excluding hydrogens is 254 g/mol. The first kappa shape index (κ1) is 12.8. The molecule has 0 unspecified atom stereocenters. The van der Waals surface area contributed by atoms with Crippen LogP contribution in [0, 0.1) is 0 Å². The molecule has 0 saturated heterocycles. The van der Waals surface area contributed by atoms with Gasteiger partial charge in [0.25, 0.3) is 0 Å². The van der Waals surface area contributed by atoms with Crippen molar-refractivity contribution in [2.75, 3.05) is 5.32 Å². The molecule has 98 valence electrons. The second-order valence-corrected chi connectivity index (χ2v) is 4.91. The highest BCUT2D eigenvalue weighted by molar-refractivity contribution is 7.07. The Morgan fingerprint density at radius 1 is 1.44 bits per heavy atom. The second-order valence-electron chi connectivity index (χ2n) is 4.06. The Labute approximate surface area is 108 Å². The standard InChI is InChI=1S/C10H15N5O2S/c1-6(2)11-4-8-14-15-9(17-8)12-3-7-5-18-10(16)13-7/h5-6,11H,3-4H2,1-2H3,(H,12,15)(H,13,16). The number of thiazole rings is 1. The van der Waals surface area contributed by atoms with Crippen molar-refractivity contribution in [3.05, 3.63) is 26.6 Å². The number of nitrogens with zero attached hydrogens (tertiary/aromatic N) is 2. The fraction of sp³-hybridized carbons (Fsp3) is 0.500. The van der Waals surface area contributed by atoms with Gasteiger partial charge in [-0.05, 0) is 0 Å². The molecule has 0 radical (unpaired) electrons. The molecule has 0 aliphatic carbocycles. The number of aromatic amines is 1. The summed E-state index contributed by atoms with van der Waals surface area (Å²) >= 11 is 1.13. The van der Waals surface area contributed by atoms with Crippen molar-refractivity contribution in [3.63, 3.8) is 0 Å². The molecule has 0 aromatic carbocycles. The van der Waals surface area contributed by atoms with Crippen LogP contribution >= 0.6 is 11.3 Å². The predicted octanol–water partition coefficient (Wildman–Crippen LogP) is 0.929. The smallest absolute Gasteiger partial charge is 0.315 e. The third kappa shape index (κ3) is 3.67. The zero-order valence-electron chi connectivity index (χ0n) is 10.2. The molecule has 0 fully saturated rings. The summed E-state index contributed by atoms with van der Waals surface area (Å²) in [4.78, 5) is 13.6. The predicted molar refractivity (Wildman–Crippen MR) is 68.5 cm³/mol. The first-order valence-electron chi connectivity index (χ1n) is 5.60. The van der Waals surface area contributed by atoms with Gasteiger partial charge in [0.15, 0.2) is 0 Å². The van der Waals surface area contributed by atoms with E-state index in [0.717, 1.165) is 17.0 Å². The average Bonchev–Trinajstić information content (AvgIpc) is 2.93. The van der Waals surface area contributed by atoms with Crippen LogP contribution in [0.5, 0.6) is 0 Å². The van der Waals surface area contributed by atoms with E-state index in [4.69, 9.17) is 4.42 Å². The highest BCUT2D eigenvalue weighted by Gasteiger charge is 2.06. The summed E-state index contributed by atoms with van der Waals surface area (Å²) in [6.45, 7) is 5.09. The average molecular weight is 269 g/mol. The van der Waals surface area contributed by atoms with Crippen molar-refractivity contribution in [1.82, 2.24) is 20.5 Å². The summed E-state index contributed by atoms with van der Waals surface area (Å²) in [5, 5.41) is 15.6. The maximum Gasteiger partial charge on any atom is 0.315 e.